The maximum Gasteiger partial charge on any atom is 0.319 e. The van der Waals surface area contributed by atoms with E-state index in [2.05, 4.69) is 122 Å². The molecule has 2 aliphatic rings. The maximum atomic E-state index is 12.7. The first-order chi connectivity index (χ1) is 27.7. The number of nitrogens with zero attached hydrogens (tertiary/aromatic N) is 1. The number of urea groups is 1. The van der Waals surface area contributed by atoms with Crippen LogP contribution in [0.25, 0.3) is 0 Å². The molecule has 4 aromatic carbocycles. The lowest BCUT2D eigenvalue weighted by Crippen LogP contribution is -2.68. The third kappa shape index (κ3) is 12.1. The SMILES string of the molecule is CC(C)(C)[Si](Oc1ccc(OC[C@@H](O)CNCCc2ccc(NC3CCN(C(=O)NCCCC4CCCCC4)CC3)cc2)cc1)(c1ccccc1)c1ccccc1. The molecule has 306 valence electrons. The van der Waals surface area contributed by atoms with Crippen LogP contribution in [-0.4, -0.2) is 75.8 Å². The Morgan fingerprint density at radius 3 is 2.02 bits per heavy atom. The zero-order chi connectivity index (χ0) is 39.9. The predicted octanol–water partition coefficient (Wildman–Crippen LogP) is 8.14. The number of hydrogen-bond donors (Lipinski definition) is 4. The highest BCUT2D eigenvalue weighted by molar-refractivity contribution is 7.00. The number of amides is 2. The summed E-state index contributed by atoms with van der Waals surface area (Å²) in [6.45, 7) is 10.6. The van der Waals surface area contributed by atoms with Gasteiger partial charge >= 0.3 is 14.3 Å². The first-order valence-corrected chi connectivity index (χ1v) is 23.4. The highest BCUT2D eigenvalue weighted by atomic mass is 28.4. The van der Waals surface area contributed by atoms with Gasteiger partial charge in [-0.25, -0.2) is 4.79 Å². The molecular formula is C48H66N4O4Si. The van der Waals surface area contributed by atoms with Gasteiger partial charge in [0.05, 0.1) is 0 Å². The van der Waals surface area contributed by atoms with Gasteiger partial charge in [0.15, 0.2) is 0 Å². The van der Waals surface area contributed by atoms with E-state index < -0.39 is 14.4 Å². The van der Waals surface area contributed by atoms with Gasteiger partial charge in [-0.2, -0.15) is 0 Å². The minimum absolute atomic E-state index is 0.0960. The highest BCUT2D eigenvalue weighted by Crippen LogP contribution is 2.38. The normalized spacial score (nSPS) is 16.2. The van der Waals surface area contributed by atoms with Crippen LogP contribution in [0.1, 0.15) is 84.1 Å². The van der Waals surface area contributed by atoms with Crippen molar-refractivity contribution in [3.8, 4) is 11.5 Å². The Balaban J connectivity index is 0.869. The standard InChI is InChI=1S/C48H66N4O4Si/c1-48(2,3)57(45-17-9-5-10-18-45,46-19-11-6-12-20-46)56-44-27-25-43(26-28-44)55-37-42(53)36-49-33-29-39-21-23-40(24-22-39)51-41-30-34-52(35-31-41)47(54)50-32-13-16-38-14-7-4-8-15-38/h5-6,9-12,17-28,38,41-42,49,51,53H,4,7-8,13-16,29-37H2,1-3H3,(H,50,54)/t42-/m0/s1. The second kappa shape index (κ2) is 20.9. The summed E-state index contributed by atoms with van der Waals surface area (Å²) >= 11 is 0. The van der Waals surface area contributed by atoms with E-state index in [1.54, 1.807) is 0 Å². The predicted molar refractivity (Wildman–Crippen MR) is 237 cm³/mol. The molecule has 0 spiro atoms. The molecule has 2 amide bonds. The third-order valence-electron chi connectivity index (χ3n) is 11.8. The van der Waals surface area contributed by atoms with Crippen LogP contribution in [0.5, 0.6) is 11.5 Å². The highest BCUT2D eigenvalue weighted by Gasteiger charge is 2.52. The molecule has 1 heterocycles. The third-order valence-corrected chi connectivity index (χ3v) is 16.8. The number of aliphatic hydroxyl groups is 1. The van der Waals surface area contributed by atoms with E-state index in [0.717, 1.165) is 69.2 Å². The fourth-order valence-corrected chi connectivity index (χ4v) is 13.0. The van der Waals surface area contributed by atoms with Crippen LogP contribution in [0.2, 0.25) is 5.04 Å². The van der Waals surface area contributed by atoms with Gasteiger partial charge in [-0.15, -0.1) is 0 Å². The fraction of sp³-hybridized carbons (Fsp3) is 0.479. The Bertz CT molecular complexity index is 1720. The van der Waals surface area contributed by atoms with Gasteiger partial charge in [-0.1, -0.05) is 126 Å². The summed E-state index contributed by atoms with van der Waals surface area (Å²) in [4.78, 5) is 14.7. The van der Waals surface area contributed by atoms with Crippen LogP contribution in [-0.2, 0) is 6.42 Å². The number of hydrogen-bond acceptors (Lipinski definition) is 6. The van der Waals surface area contributed by atoms with Gasteiger partial charge in [0.25, 0.3) is 0 Å². The maximum absolute atomic E-state index is 12.7. The number of aliphatic hydroxyl groups excluding tert-OH is 1. The second-order valence-electron chi connectivity index (χ2n) is 17.1. The largest absolute Gasteiger partial charge is 0.534 e. The Morgan fingerprint density at radius 1 is 0.789 bits per heavy atom. The van der Waals surface area contributed by atoms with Crippen molar-refractivity contribution < 1.29 is 19.1 Å². The quantitative estimate of drug-likeness (QED) is 0.0601. The number of benzene rings is 4. The summed E-state index contributed by atoms with van der Waals surface area (Å²) in [6.07, 6.45) is 11.4. The molecule has 1 saturated carbocycles. The number of carbonyl (C=O) groups excluding carboxylic acids is 1. The van der Waals surface area contributed by atoms with E-state index in [4.69, 9.17) is 9.16 Å². The molecule has 4 N–H and O–H groups in total. The molecule has 8 nitrogen and oxygen atoms in total. The summed E-state index contributed by atoms with van der Waals surface area (Å²) in [6, 6.07) is 38.2. The van der Waals surface area contributed by atoms with Crippen molar-refractivity contribution in [3.63, 3.8) is 0 Å². The molecule has 57 heavy (non-hydrogen) atoms. The number of nitrogens with one attached hydrogen (secondary N) is 3. The van der Waals surface area contributed by atoms with Crippen molar-refractivity contribution in [1.82, 2.24) is 15.5 Å². The monoisotopic (exact) mass is 790 g/mol. The molecule has 0 aromatic heterocycles. The minimum atomic E-state index is -2.72. The van der Waals surface area contributed by atoms with Crippen LogP contribution in [0.3, 0.4) is 0 Å². The van der Waals surface area contributed by atoms with E-state index in [1.165, 1.54) is 54.5 Å². The molecule has 0 bridgehead atoms. The van der Waals surface area contributed by atoms with Crippen LogP contribution >= 0.6 is 0 Å². The molecule has 9 heteroatoms. The molecular weight excluding hydrogens is 725 g/mol. The summed E-state index contributed by atoms with van der Waals surface area (Å²) in [5, 5.41) is 23.2. The number of likely N-dealkylation sites (tertiary alicyclic amines) is 1. The Labute approximate surface area is 342 Å². The van der Waals surface area contributed by atoms with Crippen molar-refractivity contribution in [3.05, 3.63) is 115 Å². The average Bonchev–Trinajstić information content (AvgIpc) is 3.24. The molecule has 1 aliphatic heterocycles. The van der Waals surface area contributed by atoms with Crippen molar-refractivity contribution in [2.45, 2.75) is 102 Å². The molecule has 0 unspecified atom stereocenters. The second-order valence-corrected chi connectivity index (χ2v) is 21.4. The number of rotatable bonds is 18. The van der Waals surface area contributed by atoms with Crippen molar-refractivity contribution in [1.29, 1.82) is 0 Å². The number of piperidine rings is 1. The Hall–Kier alpha value is -4.31. The van der Waals surface area contributed by atoms with Crippen LogP contribution in [0.4, 0.5) is 10.5 Å². The Kier molecular flexibility index (Phi) is 15.5. The van der Waals surface area contributed by atoms with E-state index >= 15 is 0 Å². The van der Waals surface area contributed by atoms with Gasteiger partial charge in [0, 0.05) is 37.9 Å². The van der Waals surface area contributed by atoms with Crippen molar-refractivity contribution in [2.75, 3.05) is 44.6 Å². The molecule has 1 atom stereocenters. The van der Waals surface area contributed by atoms with E-state index in [1.807, 2.05) is 29.2 Å². The lowest BCUT2D eigenvalue weighted by atomic mass is 9.86. The van der Waals surface area contributed by atoms with Gasteiger partial charge < -0.3 is 35.1 Å². The number of anilines is 1. The van der Waals surface area contributed by atoms with Crippen molar-refractivity contribution >= 4 is 30.4 Å². The Morgan fingerprint density at radius 2 is 1.40 bits per heavy atom. The molecule has 1 saturated heterocycles. The van der Waals surface area contributed by atoms with E-state index in [0.29, 0.717) is 18.3 Å². The fourth-order valence-electron chi connectivity index (χ4n) is 8.59. The first-order valence-electron chi connectivity index (χ1n) is 21.5. The van der Waals surface area contributed by atoms with Gasteiger partial charge in [-0.3, -0.25) is 0 Å². The van der Waals surface area contributed by atoms with E-state index in [9.17, 15) is 9.90 Å². The van der Waals surface area contributed by atoms with Gasteiger partial charge in [-0.05, 0) is 102 Å². The lowest BCUT2D eigenvalue weighted by molar-refractivity contribution is 0.106. The summed E-state index contributed by atoms with van der Waals surface area (Å²) in [5.74, 6) is 2.37. The smallest absolute Gasteiger partial charge is 0.319 e. The molecule has 6 rings (SSSR count). The molecule has 0 radical (unpaired) electrons. The topological polar surface area (TPSA) is 95.1 Å². The van der Waals surface area contributed by atoms with Gasteiger partial charge in [0.2, 0.25) is 0 Å². The first kappa shape index (κ1) is 42.3. The zero-order valence-corrected chi connectivity index (χ0v) is 35.6. The zero-order valence-electron chi connectivity index (χ0n) is 34.6. The summed E-state index contributed by atoms with van der Waals surface area (Å²) < 4.78 is 13.1. The number of ether oxygens (including phenoxy) is 1. The molecule has 2 fully saturated rings. The van der Waals surface area contributed by atoms with Crippen molar-refractivity contribution in [2.24, 2.45) is 5.92 Å². The lowest BCUT2D eigenvalue weighted by Gasteiger charge is -2.43. The summed E-state index contributed by atoms with van der Waals surface area (Å²) in [7, 11) is -2.72. The van der Waals surface area contributed by atoms with Crippen LogP contribution < -0.4 is 35.5 Å². The van der Waals surface area contributed by atoms with Crippen LogP contribution in [0, 0.1) is 5.92 Å². The van der Waals surface area contributed by atoms with Gasteiger partial charge in [0.1, 0.15) is 24.2 Å². The average molecular weight is 791 g/mol. The minimum Gasteiger partial charge on any atom is -0.534 e. The summed E-state index contributed by atoms with van der Waals surface area (Å²) in [5.41, 5.74) is 2.36. The van der Waals surface area contributed by atoms with Crippen LogP contribution in [0.15, 0.2) is 109 Å². The molecule has 1 aliphatic carbocycles. The van der Waals surface area contributed by atoms with E-state index in [-0.39, 0.29) is 17.7 Å². The molecule has 4 aromatic rings. The number of carbonyl (C=O) groups is 1.